The Morgan fingerprint density at radius 3 is 2.76 bits per heavy atom. The highest BCUT2D eigenvalue weighted by molar-refractivity contribution is 5.79. The lowest BCUT2D eigenvalue weighted by molar-refractivity contribution is -0.125. The molecule has 0 spiro atoms. The van der Waals surface area contributed by atoms with Gasteiger partial charge >= 0.3 is 0 Å². The van der Waals surface area contributed by atoms with Crippen molar-refractivity contribution in [1.29, 1.82) is 0 Å². The number of nitrogens with one attached hydrogen (secondary N) is 2. The Kier molecular flexibility index (Phi) is 3.12. The van der Waals surface area contributed by atoms with Gasteiger partial charge in [-0.2, -0.15) is 0 Å². The van der Waals surface area contributed by atoms with Gasteiger partial charge in [0.1, 0.15) is 0 Å². The van der Waals surface area contributed by atoms with Crippen LogP contribution in [0.4, 0.5) is 0 Å². The molecule has 5 atom stereocenters. The number of fused-ring (bicyclic) bond motifs is 2. The summed E-state index contributed by atoms with van der Waals surface area (Å²) in [6.07, 6.45) is 5.65. The number of hydrogen-bond acceptors (Lipinski definition) is 2. The molecular formula is C14H24N2O. The summed E-state index contributed by atoms with van der Waals surface area (Å²) >= 11 is 0. The predicted octanol–water partition coefficient (Wildman–Crippen LogP) is 1.39. The minimum Gasteiger partial charge on any atom is -0.356 e. The Balaban J connectivity index is 1.46. The zero-order valence-corrected chi connectivity index (χ0v) is 10.7. The monoisotopic (exact) mass is 236 g/mol. The molecule has 17 heavy (non-hydrogen) atoms. The van der Waals surface area contributed by atoms with Gasteiger partial charge in [0.05, 0.1) is 5.92 Å². The summed E-state index contributed by atoms with van der Waals surface area (Å²) in [5.74, 6) is 3.66. The molecule has 2 aliphatic carbocycles. The average molecular weight is 236 g/mol. The molecule has 96 valence electrons. The van der Waals surface area contributed by atoms with Gasteiger partial charge < -0.3 is 10.6 Å². The summed E-state index contributed by atoms with van der Waals surface area (Å²) in [7, 11) is 0. The molecule has 2 saturated carbocycles. The Hall–Kier alpha value is -0.570. The van der Waals surface area contributed by atoms with Crippen LogP contribution in [0.15, 0.2) is 0 Å². The van der Waals surface area contributed by atoms with Crippen molar-refractivity contribution < 1.29 is 4.79 Å². The van der Waals surface area contributed by atoms with Crippen LogP contribution >= 0.6 is 0 Å². The summed E-state index contributed by atoms with van der Waals surface area (Å²) in [5, 5.41) is 6.50. The molecule has 3 heteroatoms. The summed E-state index contributed by atoms with van der Waals surface area (Å²) in [6, 6.07) is 0. The third-order valence-corrected chi connectivity index (χ3v) is 5.28. The van der Waals surface area contributed by atoms with E-state index in [2.05, 4.69) is 17.6 Å². The lowest BCUT2D eigenvalue weighted by Crippen LogP contribution is -2.38. The zero-order chi connectivity index (χ0) is 11.8. The van der Waals surface area contributed by atoms with Gasteiger partial charge in [0.25, 0.3) is 0 Å². The van der Waals surface area contributed by atoms with Gasteiger partial charge in [-0.25, -0.2) is 0 Å². The fourth-order valence-electron chi connectivity index (χ4n) is 4.15. The average Bonchev–Trinajstić information content (AvgIpc) is 3.01. The molecule has 1 amide bonds. The van der Waals surface area contributed by atoms with Crippen molar-refractivity contribution in [2.45, 2.75) is 32.6 Å². The normalized spacial score (nSPS) is 44.2. The van der Waals surface area contributed by atoms with Crippen molar-refractivity contribution in [3.05, 3.63) is 0 Å². The van der Waals surface area contributed by atoms with E-state index in [-0.39, 0.29) is 11.8 Å². The largest absolute Gasteiger partial charge is 0.356 e. The van der Waals surface area contributed by atoms with E-state index < -0.39 is 0 Å². The third-order valence-electron chi connectivity index (χ3n) is 5.28. The Morgan fingerprint density at radius 2 is 2.18 bits per heavy atom. The third kappa shape index (κ3) is 2.22. The van der Waals surface area contributed by atoms with Gasteiger partial charge in [-0.05, 0) is 49.5 Å². The van der Waals surface area contributed by atoms with E-state index >= 15 is 0 Å². The summed E-state index contributed by atoms with van der Waals surface area (Å²) in [5.41, 5.74) is 0. The molecule has 3 nitrogen and oxygen atoms in total. The lowest BCUT2D eigenvalue weighted by Gasteiger charge is -2.23. The molecule has 0 aromatic carbocycles. The second-order valence-corrected chi connectivity index (χ2v) is 6.42. The van der Waals surface area contributed by atoms with Crippen molar-refractivity contribution in [1.82, 2.24) is 10.6 Å². The number of hydrogen-bond donors (Lipinski definition) is 2. The minimum absolute atomic E-state index is 0.202. The Labute approximate surface area is 104 Å². The van der Waals surface area contributed by atoms with Gasteiger partial charge in [0.2, 0.25) is 5.91 Å². The predicted molar refractivity (Wildman–Crippen MR) is 67.5 cm³/mol. The van der Waals surface area contributed by atoms with Crippen LogP contribution < -0.4 is 10.6 Å². The fourth-order valence-corrected chi connectivity index (χ4v) is 4.15. The van der Waals surface area contributed by atoms with Crippen LogP contribution in [0.3, 0.4) is 0 Å². The fraction of sp³-hybridized carbons (Fsp3) is 0.929. The van der Waals surface area contributed by atoms with Gasteiger partial charge in [0, 0.05) is 13.1 Å². The van der Waals surface area contributed by atoms with Crippen LogP contribution in [0.25, 0.3) is 0 Å². The molecule has 3 aliphatic rings. The summed E-state index contributed by atoms with van der Waals surface area (Å²) in [4.78, 5) is 12.1. The number of amides is 1. The van der Waals surface area contributed by atoms with E-state index in [0.29, 0.717) is 5.92 Å². The van der Waals surface area contributed by atoms with Crippen molar-refractivity contribution in [3.8, 4) is 0 Å². The first kappa shape index (κ1) is 11.5. The quantitative estimate of drug-likeness (QED) is 0.777. The highest BCUT2D eigenvalue weighted by Crippen LogP contribution is 2.47. The van der Waals surface area contributed by atoms with Crippen molar-refractivity contribution >= 4 is 5.91 Å². The van der Waals surface area contributed by atoms with Crippen LogP contribution in [-0.4, -0.2) is 25.5 Å². The molecule has 0 radical (unpaired) electrons. The van der Waals surface area contributed by atoms with E-state index in [1.54, 1.807) is 0 Å². The van der Waals surface area contributed by atoms with Crippen molar-refractivity contribution in [2.75, 3.05) is 19.6 Å². The van der Waals surface area contributed by atoms with Crippen LogP contribution in [-0.2, 0) is 4.79 Å². The van der Waals surface area contributed by atoms with E-state index in [4.69, 9.17) is 0 Å². The first-order chi connectivity index (χ1) is 8.24. The minimum atomic E-state index is 0.202. The van der Waals surface area contributed by atoms with Crippen LogP contribution in [0, 0.1) is 29.6 Å². The maximum atomic E-state index is 12.1. The van der Waals surface area contributed by atoms with E-state index in [0.717, 1.165) is 37.4 Å². The Morgan fingerprint density at radius 1 is 1.29 bits per heavy atom. The topological polar surface area (TPSA) is 41.1 Å². The number of rotatable bonds is 3. The van der Waals surface area contributed by atoms with Gasteiger partial charge in [-0.3, -0.25) is 4.79 Å². The highest BCUT2D eigenvalue weighted by Gasteiger charge is 2.39. The smallest absolute Gasteiger partial charge is 0.224 e. The summed E-state index contributed by atoms with van der Waals surface area (Å²) in [6.45, 7) is 4.96. The van der Waals surface area contributed by atoms with Crippen molar-refractivity contribution in [3.63, 3.8) is 0 Å². The first-order valence-electron chi connectivity index (χ1n) is 7.22. The molecule has 5 unspecified atom stereocenters. The molecular weight excluding hydrogens is 212 g/mol. The molecule has 3 fully saturated rings. The molecule has 1 aliphatic heterocycles. The maximum absolute atomic E-state index is 12.1. The highest BCUT2D eigenvalue weighted by atomic mass is 16.1. The summed E-state index contributed by atoms with van der Waals surface area (Å²) < 4.78 is 0. The van der Waals surface area contributed by atoms with E-state index in [9.17, 15) is 4.79 Å². The number of carbonyl (C=O) groups is 1. The second-order valence-electron chi connectivity index (χ2n) is 6.42. The standard InChI is InChI=1S/C14H24N2O/c1-9-6-15-8-13(9)14(17)16-7-12-5-10-2-3-11(12)4-10/h9-13,15H,2-8H2,1H3,(H,16,17). The number of carbonyl (C=O) groups excluding carboxylic acids is 1. The molecule has 1 saturated heterocycles. The second kappa shape index (κ2) is 4.60. The first-order valence-corrected chi connectivity index (χ1v) is 7.22. The molecule has 0 aromatic rings. The molecule has 1 heterocycles. The zero-order valence-electron chi connectivity index (χ0n) is 10.7. The van der Waals surface area contributed by atoms with E-state index in [1.807, 2.05) is 0 Å². The molecule has 2 bridgehead atoms. The maximum Gasteiger partial charge on any atom is 0.224 e. The Bertz CT molecular complexity index is 305. The van der Waals surface area contributed by atoms with Gasteiger partial charge in [0.15, 0.2) is 0 Å². The van der Waals surface area contributed by atoms with E-state index in [1.165, 1.54) is 25.7 Å². The van der Waals surface area contributed by atoms with Crippen LogP contribution in [0.2, 0.25) is 0 Å². The SMILES string of the molecule is CC1CNCC1C(=O)NCC1CC2CCC1C2. The molecule has 0 aromatic heterocycles. The molecule has 2 N–H and O–H groups in total. The van der Waals surface area contributed by atoms with Gasteiger partial charge in [-0.15, -0.1) is 0 Å². The van der Waals surface area contributed by atoms with Crippen LogP contribution in [0.1, 0.15) is 32.6 Å². The van der Waals surface area contributed by atoms with Gasteiger partial charge in [-0.1, -0.05) is 13.3 Å². The molecule has 3 rings (SSSR count). The lowest BCUT2D eigenvalue weighted by atomic mass is 9.88. The van der Waals surface area contributed by atoms with Crippen molar-refractivity contribution in [2.24, 2.45) is 29.6 Å². The van der Waals surface area contributed by atoms with Crippen LogP contribution in [0.5, 0.6) is 0 Å².